The number of nitrogens with one attached hydrogen (secondary N) is 2. The van der Waals surface area contributed by atoms with Crippen LogP contribution in [0, 0.1) is 0 Å². The fourth-order valence-electron chi connectivity index (χ4n) is 3.79. The number of sulfonamides is 1. The Hall–Kier alpha value is -1.80. The highest BCUT2D eigenvalue weighted by Crippen LogP contribution is 2.25. The molecule has 7 nitrogen and oxygen atoms in total. The van der Waals surface area contributed by atoms with Gasteiger partial charge in [0.25, 0.3) is 0 Å². The van der Waals surface area contributed by atoms with Crippen LogP contribution in [-0.2, 0) is 10.0 Å². The van der Waals surface area contributed by atoms with Crippen LogP contribution in [0.5, 0.6) is 5.75 Å². The lowest BCUT2D eigenvalue weighted by atomic mass is 9.98. The Morgan fingerprint density at radius 1 is 1.10 bits per heavy atom. The van der Waals surface area contributed by atoms with Gasteiger partial charge >= 0.3 is 6.03 Å². The summed E-state index contributed by atoms with van der Waals surface area (Å²) >= 11 is 0. The van der Waals surface area contributed by atoms with Crippen molar-refractivity contribution in [3.05, 3.63) is 24.3 Å². The van der Waals surface area contributed by atoms with Gasteiger partial charge in [-0.15, -0.1) is 0 Å². The standard InChI is InChI=1S/C21H33N3O4S/c1-16(2)29(26,27)23-17-11-13-24(14-12-17)21(25)22-18-7-6-10-20(15-18)28-19-8-4-3-5-9-19/h6-7,10,15-17,19,23H,3-5,8-9,11-14H2,1-2H3,(H,22,25). The van der Waals surface area contributed by atoms with Crippen molar-refractivity contribution in [2.24, 2.45) is 0 Å². The molecular weight excluding hydrogens is 390 g/mol. The van der Waals surface area contributed by atoms with Crippen LogP contribution in [0.1, 0.15) is 58.8 Å². The molecule has 0 spiro atoms. The van der Waals surface area contributed by atoms with Gasteiger partial charge in [-0.1, -0.05) is 12.5 Å². The average molecular weight is 424 g/mol. The average Bonchev–Trinajstić information content (AvgIpc) is 2.69. The molecule has 1 saturated carbocycles. The first-order valence-electron chi connectivity index (χ1n) is 10.7. The maximum absolute atomic E-state index is 12.6. The van der Waals surface area contributed by atoms with Crippen LogP contribution >= 0.6 is 0 Å². The number of piperidine rings is 1. The van der Waals surface area contributed by atoms with Crippen LogP contribution in [0.15, 0.2) is 24.3 Å². The highest BCUT2D eigenvalue weighted by molar-refractivity contribution is 7.90. The van der Waals surface area contributed by atoms with Crippen molar-refractivity contribution < 1.29 is 17.9 Å². The van der Waals surface area contributed by atoms with Gasteiger partial charge in [0, 0.05) is 30.9 Å². The summed E-state index contributed by atoms with van der Waals surface area (Å²) in [4.78, 5) is 14.3. The van der Waals surface area contributed by atoms with Crippen molar-refractivity contribution in [3.63, 3.8) is 0 Å². The van der Waals surface area contributed by atoms with Gasteiger partial charge in [-0.2, -0.15) is 0 Å². The molecule has 0 atom stereocenters. The molecule has 1 aromatic rings. The van der Waals surface area contributed by atoms with E-state index in [-0.39, 0.29) is 18.2 Å². The largest absolute Gasteiger partial charge is 0.490 e. The van der Waals surface area contributed by atoms with E-state index in [1.54, 1.807) is 18.7 Å². The van der Waals surface area contributed by atoms with E-state index in [2.05, 4.69) is 10.0 Å². The molecule has 0 bridgehead atoms. The van der Waals surface area contributed by atoms with Gasteiger partial charge in [0.05, 0.1) is 11.4 Å². The minimum Gasteiger partial charge on any atom is -0.490 e. The summed E-state index contributed by atoms with van der Waals surface area (Å²) in [6, 6.07) is 7.27. The van der Waals surface area contributed by atoms with E-state index in [4.69, 9.17) is 4.74 Å². The van der Waals surface area contributed by atoms with E-state index in [0.29, 0.717) is 31.6 Å². The van der Waals surface area contributed by atoms with Crippen LogP contribution in [0.4, 0.5) is 10.5 Å². The van der Waals surface area contributed by atoms with Gasteiger partial charge in [0.2, 0.25) is 10.0 Å². The Morgan fingerprint density at radius 3 is 2.45 bits per heavy atom. The van der Waals surface area contributed by atoms with E-state index in [0.717, 1.165) is 18.6 Å². The maximum atomic E-state index is 12.6. The predicted octanol–water partition coefficient (Wildman–Crippen LogP) is 3.72. The van der Waals surface area contributed by atoms with Crippen molar-refractivity contribution in [1.82, 2.24) is 9.62 Å². The monoisotopic (exact) mass is 423 g/mol. The third kappa shape index (κ3) is 6.34. The topological polar surface area (TPSA) is 87.7 Å². The van der Waals surface area contributed by atoms with Crippen LogP contribution in [0.25, 0.3) is 0 Å². The Balaban J connectivity index is 1.49. The Kier molecular flexibility index (Phi) is 7.40. The maximum Gasteiger partial charge on any atom is 0.321 e. The number of urea groups is 1. The molecule has 1 saturated heterocycles. The van der Waals surface area contributed by atoms with E-state index >= 15 is 0 Å². The number of rotatable bonds is 6. The number of benzene rings is 1. The summed E-state index contributed by atoms with van der Waals surface area (Å²) in [7, 11) is -3.28. The number of nitrogens with zero attached hydrogens (tertiary/aromatic N) is 1. The molecule has 2 N–H and O–H groups in total. The summed E-state index contributed by atoms with van der Waals surface area (Å²) in [5.41, 5.74) is 0.714. The molecule has 0 aromatic heterocycles. The lowest BCUT2D eigenvalue weighted by Crippen LogP contribution is -2.48. The van der Waals surface area contributed by atoms with Crippen LogP contribution in [0.3, 0.4) is 0 Å². The normalized spacial score (nSPS) is 19.3. The fraction of sp³-hybridized carbons (Fsp3) is 0.667. The van der Waals surface area contributed by atoms with Crippen molar-refractivity contribution in [3.8, 4) is 5.75 Å². The first-order valence-corrected chi connectivity index (χ1v) is 12.2. The highest BCUT2D eigenvalue weighted by Gasteiger charge is 2.27. The van der Waals surface area contributed by atoms with Gasteiger partial charge in [-0.3, -0.25) is 0 Å². The highest BCUT2D eigenvalue weighted by atomic mass is 32.2. The number of anilines is 1. The second kappa shape index (κ2) is 9.80. The number of hydrogen-bond acceptors (Lipinski definition) is 4. The molecule has 1 aromatic carbocycles. The van der Waals surface area contributed by atoms with Crippen molar-refractivity contribution in [2.45, 2.75) is 76.2 Å². The van der Waals surface area contributed by atoms with E-state index in [9.17, 15) is 13.2 Å². The summed E-state index contributed by atoms with van der Waals surface area (Å²) in [6.45, 7) is 4.37. The van der Waals surface area contributed by atoms with E-state index < -0.39 is 15.3 Å². The molecule has 29 heavy (non-hydrogen) atoms. The lowest BCUT2D eigenvalue weighted by molar-refractivity contribution is 0.155. The van der Waals surface area contributed by atoms with Crippen LogP contribution in [-0.4, -0.2) is 49.8 Å². The molecule has 1 aliphatic heterocycles. The molecule has 0 unspecified atom stereocenters. The van der Waals surface area contributed by atoms with E-state index in [1.807, 2.05) is 24.3 Å². The molecular formula is C21H33N3O4S. The zero-order valence-electron chi connectivity index (χ0n) is 17.4. The molecule has 0 radical (unpaired) electrons. The second-order valence-electron chi connectivity index (χ2n) is 8.31. The van der Waals surface area contributed by atoms with Crippen LogP contribution in [0.2, 0.25) is 0 Å². The van der Waals surface area contributed by atoms with Crippen molar-refractivity contribution in [2.75, 3.05) is 18.4 Å². The SMILES string of the molecule is CC(C)S(=O)(=O)NC1CCN(C(=O)Nc2cccc(OC3CCCCC3)c2)CC1. The Morgan fingerprint density at radius 2 is 1.79 bits per heavy atom. The van der Waals surface area contributed by atoms with Gasteiger partial charge in [-0.05, 0) is 64.5 Å². The molecule has 2 amide bonds. The van der Waals surface area contributed by atoms with Gasteiger partial charge in [-0.25, -0.2) is 17.9 Å². The molecule has 162 valence electrons. The van der Waals surface area contributed by atoms with E-state index in [1.165, 1.54) is 19.3 Å². The first-order chi connectivity index (χ1) is 13.8. The minimum absolute atomic E-state index is 0.112. The van der Waals surface area contributed by atoms with Crippen molar-refractivity contribution in [1.29, 1.82) is 0 Å². The third-order valence-electron chi connectivity index (χ3n) is 5.67. The molecule has 2 aliphatic rings. The second-order valence-corrected chi connectivity index (χ2v) is 10.6. The molecule has 2 fully saturated rings. The number of likely N-dealkylation sites (tertiary alicyclic amines) is 1. The zero-order chi connectivity index (χ0) is 20.9. The fourth-order valence-corrected chi connectivity index (χ4v) is 4.77. The van der Waals surface area contributed by atoms with Gasteiger partial charge in [0.15, 0.2) is 0 Å². The molecule has 8 heteroatoms. The number of ether oxygens (including phenoxy) is 1. The van der Waals surface area contributed by atoms with Crippen LogP contribution < -0.4 is 14.8 Å². The zero-order valence-corrected chi connectivity index (χ0v) is 18.2. The van der Waals surface area contributed by atoms with Gasteiger partial charge in [0.1, 0.15) is 5.75 Å². The molecule has 3 rings (SSSR count). The van der Waals surface area contributed by atoms with Crippen molar-refractivity contribution >= 4 is 21.7 Å². The summed E-state index contributed by atoms with van der Waals surface area (Å²) in [6.07, 6.45) is 7.38. The smallest absolute Gasteiger partial charge is 0.321 e. The lowest BCUT2D eigenvalue weighted by Gasteiger charge is -2.32. The number of amides is 2. The molecule has 1 heterocycles. The predicted molar refractivity (Wildman–Crippen MR) is 115 cm³/mol. The number of carbonyl (C=O) groups excluding carboxylic acids is 1. The summed E-state index contributed by atoms with van der Waals surface area (Å²) < 4.78 is 32.8. The first kappa shape index (κ1) is 21.9. The number of hydrogen-bond donors (Lipinski definition) is 2. The number of carbonyl (C=O) groups is 1. The summed E-state index contributed by atoms with van der Waals surface area (Å²) in [5, 5.41) is 2.49. The Bertz CT molecular complexity index is 783. The molecule has 1 aliphatic carbocycles. The third-order valence-corrected chi connectivity index (χ3v) is 7.58. The quantitative estimate of drug-likeness (QED) is 0.730. The summed E-state index contributed by atoms with van der Waals surface area (Å²) in [5.74, 6) is 0.788. The Labute approximate surface area is 174 Å². The minimum atomic E-state index is -3.28. The van der Waals surface area contributed by atoms with Gasteiger partial charge < -0.3 is 15.0 Å².